The highest BCUT2D eigenvalue weighted by atomic mass is 16.4. The Bertz CT molecular complexity index is 396. The molecule has 0 aromatic carbocycles. The van der Waals surface area contributed by atoms with E-state index < -0.39 is 11.9 Å². The van der Waals surface area contributed by atoms with E-state index in [0.717, 1.165) is 63.4 Å². The van der Waals surface area contributed by atoms with Crippen molar-refractivity contribution < 1.29 is 19.8 Å². The molecule has 24 heavy (non-hydrogen) atoms. The lowest BCUT2D eigenvalue weighted by Gasteiger charge is -2.04. The second kappa shape index (κ2) is 16.3. The van der Waals surface area contributed by atoms with Crippen LogP contribution in [0.3, 0.4) is 0 Å². The van der Waals surface area contributed by atoms with Crippen LogP contribution in [-0.2, 0) is 9.59 Å². The molecule has 4 nitrogen and oxygen atoms in total. The van der Waals surface area contributed by atoms with Gasteiger partial charge in [0.1, 0.15) is 0 Å². The molecule has 0 atom stereocenters. The Morgan fingerprint density at radius 1 is 0.792 bits per heavy atom. The molecule has 0 aliphatic heterocycles. The smallest absolute Gasteiger partial charge is 0.328 e. The van der Waals surface area contributed by atoms with Crippen LogP contribution in [-0.4, -0.2) is 22.2 Å². The molecule has 0 bridgehead atoms. The van der Waals surface area contributed by atoms with Crippen LogP contribution in [0, 0.1) is 0 Å². The monoisotopic (exact) mass is 338 g/mol. The van der Waals surface area contributed by atoms with Crippen LogP contribution in [0.4, 0.5) is 0 Å². The SMILES string of the molecule is CCCCCC/C(=C\C(=O)O)C/C=C\CCCCCCCC(=O)O. The van der Waals surface area contributed by atoms with E-state index in [1.165, 1.54) is 25.3 Å². The third kappa shape index (κ3) is 16.8. The number of unbranched alkanes of at least 4 members (excludes halogenated alkanes) is 8. The molecule has 4 heteroatoms. The molecule has 2 N–H and O–H groups in total. The van der Waals surface area contributed by atoms with Gasteiger partial charge in [-0.05, 0) is 38.5 Å². The summed E-state index contributed by atoms with van der Waals surface area (Å²) in [7, 11) is 0. The van der Waals surface area contributed by atoms with E-state index in [2.05, 4.69) is 19.1 Å². The van der Waals surface area contributed by atoms with Crippen LogP contribution in [0.15, 0.2) is 23.8 Å². The molecule has 0 spiro atoms. The van der Waals surface area contributed by atoms with E-state index in [0.29, 0.717) is 0 Å². The average Bonchev–Trinajstić information content (AvgIpc) is 2.52. The van der Waals surface area contributed by atoms with Gasteiger partial charge in [-0.3, -0.25) is 4.79 Å². The van der Waals surface area contributed by atoms with Crippen LogP contribution >= 0.6 is 0 Å². The number of carboxylic acids is 2. The van der Waals surface area contributed by atoms with E-state index in [1.54, 1.807) is 0 Å². The van der Waals surface area contributed by atoms with E-state index in [1.807, 2.05) is 0 Å². The van der Waals surface area contributed by atoms with Crippen molar-refractivity contribution in [1.82, 2.24) is 0 Å². The molecular formula is C20H34O4. The van der Waals surface area contributed by atoms with Crippen LogP contribution in [0.1, 0.15) is 90.4 Å². The molecule has 0 radical (unpaired) electrons. The lowest BCUT2D eigenvalue weighted by atomic mass is 10.0. The first-order chi connectivity index (χ1) is 11.6. The van der Waals surface area contributed by atoms with Gasteiger partial charge >= 0.3 is 11.9 Å². The summed E-state index contributed by atoms with van der Waals surface area (Å²) in [5.74, 6) is -1.56. The van der Waals surface area contributed by atoms with Gasteiger partial charge in [0.15, 0.2) is 0 Å². The summed E-state index contributed by atoms with van der Waals surface area (Å²) in [6, 6.07) is 0. The molecule has 0 amide bonds. The van der Waals surface area contributed by atoms with Crippen LogP contribution in [0.25, 0.3) is 0 Å². The Morgan fingerprint density at radius 2 is 1.42 bits per heavy atom. The van der Waals surface area contributed by atoms with Gasteiger partial charge in [0.05, 0.1) is 0 Å². The Hall–Kier alpha value is -1.58. The van der Waals surface area contributed by atoms with Crippen LogP contribution in [0.5, 0.6) is 0 Å². The zero-order chi connectivity index (χ0) is 18.0. The van der Waals surface area contributed by atoms with Crippen molar-refractivity contribution in [3.05, 3.63) is 23.8 Å². The molecular weight excluding hydrogens is 304 g/mol. The Balaban J connectivity index is 3.78. The number of allylic oxidation sites excluding steroid dienone is 3. The highest BCUT2D eigenvalue weighted by Gasteiger charge is 2.00. The fourth-order valence-corrected chi connectivity index (χ4v) is 2.61. The highest BCUT2D eigenvalue weighted by Crippen LogP contribution is 2.15. The second-order valence-corrected chi connectivity index (χ2v) is 6.33. The maximum Gasteiger partial charge on any atom is 0.328 e. The van der Waals surface area contributed by atoms with Gasteiger partial charge in [0.25, 0.3) is 0 Å². The Labute approximate surface area is 146 Å². The van der Waals surface area contributed by atoms with Crippen molar-refractivity contribution in [2.24, 2.45) is 0 Å². The zero-order valence-electron chi connectivity index (χ0n) is 15.1. The molecule has 0 aliphatic carbocycles. The average molecular weight is 338 g/mol. The molecule has 0 unspecified atom stereocenters. The summed E-state index contributed by atoms with van der Waals surface area (Å²) in [5.41, 5.74) is 1.00. The van der Waals surface area contributed by atoms with Crippen molar-refractivity contribution >= 4 is 11.9 Å². The summed E-state index contributed by atoms with van der Waals surface area (Å²) in [6.07, 6.45) is 18.2. The maximum atomic E-state index is 10.9. The summed E-state index contributed by atoms with van der Waals surface area (Å²) < 4.78 is 0. The number of hydrogen-bond donors (Lipinski definition) is 2. The van der Waals surface area contributed by atoms with Crippen LogP contribution in [0.2, 0.25) is 0 Å². The van der Waals surface area contributed by atoms with Crippen molar-refractivity contribution in [2.75, 3.05) is 0 Å². The topological polar surface area (TPSA) is 74.6 Å². The third-order valence-electron chi connectivity index (χ3n) is 3.99. The van der Waals surface area contributed by atoms with E-state index in [9.17, 15) is 9.59 Å². The molecule has 0 aliphatic rings. The van der Waals surface area contributed by atoms with E-state index in [4.69, 9.17) is 10.2 Å². The molecule has 0 heterocycles. The highest BCUT2D eigenvalue weighted by molar-refractivity contribution is 5.80. The lowest BCUT2D eigenvalue weighted by Crippen LogP contribution is -1.93. The summed E-state index contributed by atoms with van der Waals surface area (Å²) in [4.78, 5) is 21.2. The molecule has 0 saturated carbocycles. The molecule has 0 fully saturated rings. The summed E-state index contributed by atoms with van der Waals surface area (Å²) in [6.45, 7) is 2.17. The number of carbonyl (C=O) groups is 2. The molecule has 0 rings (SSSR count). The van der Waals surface area contributed by atoms with Gasteiger partial charge in [0.2, 0.25) is 0 Å². The van der Waals surface area contributed by atoms with Crippen molar-refractivity contribution in [1.29, 1.82) is 0 Å². The van der Waals surface area contributed by atoms with Gasteiger partial charge in [-0.25, -0.2) is 4.79 Å². The van der Waals surface area contributed by atoms with Crippen molar-refractivity contribution in [3.63, 3.8) is 0 Å². The van der Waals surface area contributed by atoms with Gasteiger partial charge in [-0.15, -0.1) is 0 Å². The predicted molar refractivity (Wildman–Crippen MR) is 98.2 cm³/mol. The lowest BCUT2D eigenvalue weighted by molar-refractivity contribution is -0.137. The molecule has 0 aromatic rings. The minimum Gasteiger partial charge on any atom is -0.481 e. The molecule has 0 saturated heterocycles. The quantitative estimate of drug-likeness (QED) is 0.214. The fourth-order valence-electron chi connectivity index (χ4n) is 2.61. The summed E-state index contributed by atoms with van der Waals surface area (Å²) >= 11 is 0. The number of carboxylic acid groups (broad SMARTS) is 2. The van der Waals surface area contributed by atoms with Gasteiger partial charge in [-0.1, -0.05) is 63.2 Å². The van der Waals surface area contributed by atoms with Crippen LogP contribution < -0.4 is 0 Å². The summed E-state index contributed by atoms with van der Waals surface area (Å²) in [5, 5.41) is 17.5. The third-order valence-corrected chi connectivity index (χ3v) is 3.99. The van der Waals surface area contributed by atoms with Crippen molar-refractivity contribution in [2.45, 2.75) is 90.4 Å². The van der Waals surface area contributed by atoms with E-state index >= 15 is 0 Å². The first-order valence-corrected chi connectivity index (χ1v) is 9.35. The normalized spacial score (nSPS) is 12.0. The largest absolute Gasteiger partial charge is 0.481 e. The Morgan fingerprint density at radius 3 is 2.08 bits per heavy atom. The molecule has 138 valence electrons. The van der Waals surface area contributed by atoms with Crippen molar-refractivity contribution in [3.8, 4) is 0 Å². The standard InChI is InChI=1S/C20H34O4/c1-2-3-4-11-14-18(17-20(23)24)15-12-9-7-5-6-8-10-13-16-19(21)22/h9,12,17H,2-8,10-11,13-16H2,1H3,(H,21,22)(H,23,24)/b12-9-,18-17+. The predicted octanol–water partition coefficient (Wildman–Crippen LogP) is 5.73. The Kier molecular flexibility index (Phi) is 15.2. The van der Waals surface area contributed by atoms with E-state index in [-0.39, 0.29) is 6.42 Å². The first-order valence-electron chi connectivity index (χ1n) is 9.35. The minimum atomic E-state index is -0.852. The number of aliphatic carboxylic acids is 2. The molecule has 0 aromatic heterocycles. The second-order valence-electron chi connectivity index (χ2n) is 6.33. The minimum absolute atomic E-state index is 0.275. The van der Waals surface area contributed by atoms with Gasteiger partial charge in [0, 0.05) is 12.5 Å². The van der Waals surface area contributed by atoms with Gasteiger partial charge in [-0.2, -0.15) is 0 Å². The maximum absolute atomic E-state index is 10.9. The number of rotatable bonds is 16. The first kappa shape index (κ1) is 22.4. The van der Waals surface area contributed by atoms with Gasteiger partial charge < -0.3 is 10.2 Å². The number of hydrogen-bond acceptors (Lipinski definition) is 2. The fraction of sp³-hybridized carbons (Fsp3) is 0.700. The zero-order valence-corrected chi connectivity index (χ0v) is 15.1.